The molecule has 23 heavy (non-hydrogen) atoms. The Hall–Kier alpha value is -1.51. The predicted octanol–water partition coefficient (Wildman–Crippen LogP) is 5.35. The lowest BCUT2D eigenvalue weighted by atomic mass is 9.72. The molecule has 0 aliphatic heterocycles. The van der Waals surface area contributed by atoms with E-state index in [-0.39, 0.29) is 16.2 Å². The first-order valence-electron chi connectivity index (χ1n) is 8.29. The van der Waals surface area contributed by atoms with Gasteiger partial charge in [0.1, 0.15) is 0 Å². The SMILES string of the molecule is CC(C)(C)c1cc(C(C)(C)C)c(CNC(=O)O)c(C(C)(C)C)c1. The highest BCUT2D eigenvalue weighted by Crippen LogP contribution is 2.38. The van der Waals surface area contributed by atoms with Crippen molar-refractivity contribution in [1.29, 1.82) is 0 Å². The minimum atomic E-state index is -0.982. The van der Waals surface area contributed by atoms with Gasteiger partial charge in [0.05, 0.1) is 0 Å². The van der Waals surface area contributed by atoms with Crippen LogP contribution in [0.3, 0.4) is 0 Å². The smallest absolute Gasteiger partial charge is 0.404 e. The molecule has 0 radical (unpaired) electrons. The minimum Gasteiger partial charge on any atom is -0.465 e. The zero-order chi connectivity index (χ0) is 18.2. The highest BCUT2D eigenvalue weighted by molar-refractivity contribution is 5.65. The van der Waals surface area contributed by atoms with Gasteiger partial charge >= 0.3 is 6.09 Å². The van der Waals surface area contributed by atoms with Crippen LogP contribution in [0.4, 0.5) is 4.79 Å². The van der Waals surface area contributed by atoms with Gasteiger partial charge in [-0.05, 0) is 38.5 Å². The summed E-state index contributed by atoms with van der Waals surface area (Å²) in [4.78, 5) is 11.0. The largest absolute Gasteiger partial charge is 0.465 e. The van der Waals surface area contributed by atoms with E-state index in [0.717, 1.165) is 5.56 Å². The zero-order valence-electron chi connectivity index (χ0n) is 16.2. The summed E-state index contributed by atoms with van der Waals surface area (Å²) in [5.41, 5.74) is 4.82. The van der Waals surface area contributed by atoms with Crippen LogP contribution in [0, 0.1) is 0 Å². The van der Waals surface area contributed by atoms with Crippen molar-refractivity contribution in [3.05, 3.63) is 34.4 Å². The summed E-state index contributed by atoms with van der Waals surface area (Å²) in [6, 6.07) is 4.52. The van der Waals surface area contributed by atoms with Crippen molar-refractivity contribution >= 4 is 6.09 Å². The van der Waals surface area contributed by atoms with E-state index in [0.29, 0.717) is 6.54 Å². The van der Waals surface area contributed by atoms with E-state index in [1.54, 1.807) is 0 Å². The van der Waals surface area contributed by atoms with Gasteiger partial charge < -0.3 is 10.4 Å². The highest BCUT2D eigenvalue weighted by Gasteiger charge is 2.28. The second kappa shape index (κ2) is 6.18. The van der Waals surface area contributed by atoms with Crippen LogP contribution in [-0.4, -0.2) is 11.2 Å². The molecular formula is C20H33NO2. The molecule has 3 nitrogen and oxygen atoms in total. The van der Waals surface area contributed by atoms with Crippen molar-refractivity contribution in [2.45, 2.75) is 85.1 Å². The molecule has 0 saturated heterocycles. The molecule has 130 valence electrons. The Morgan fingerprint density at radius 3 is 1.52 bits per heavy atom. The van der Waals surface area contributed by atoms with Gasteiger partial charge in [0, 0.05) is 6.54 Å². The maximum absolute atomic E-state index is 11.0. The molecule has 0 spiro atoms. The van der Waals surface area contributed by atoms with E-state index >= 15 is 0 Å². The summed E-state index contributed by atoms with van der Waals surface area (Å²) < 4.78 is 0. The molecule has 2 N–H and O–H groups in total. The molecular weight excluding hydrogens is 286 g/mol. The van der Waals surface area contributed by atoms with Crippen LogP contribution in [0.1, 0.15) is 84.6 Å². The van der Waals surface area contributed by atoms with Gasteiger partial charge in [0.25, 0.3) is 0 Å². The quantitative estimate of drug-likeness (QED) is 0.772. The second-order valence-corrected chi connectivity index (χ2v) is 9.46. The van der Waals surface area contributed by atoms with E-state index in [1.165, 1.54) is 16.7 Å². The van der Waals surface area contributed by atoms with Crippen molar-refractivity contribution in [3.63, 3.8) is 0 Å². The van der Waals surface area contributed by atoms with Crippen molar-refractivity contribution in [2.75, 3.05) is 0 Å². The monoisotopic (exact) mass is 319 g/mol. The highest BCUT2D eigenvalue weighted by atomic mass is 16.4. The van der Waals surface area contributed by atoms with E-state index in [9.17, 15) is 4.79 Å². The van der Waals surface area contributed by atoms with Gasteiger partial charge in [0.2, 0.25) is 0 Å². The van der Waals surface area contributed by atoms with Crippen molar-refractivity contribution in [1.82, 2.24) is 5.32 Å². The molecule has 0 aliphatic rings. The average molecular weight is 319 g/mol. The first-order chi connectivity index (χ1) is 10.1. The van der Waals surface area contributed by atoms with Crippen LogP contribution < -0.4 is 5.32 Å². The van der Waals surface area contributed by atoms with E-state index in [2.05, 4.69) is 79.8 Å². The average Bonchev–Trinajstić information content (AvgIpc) is 2.31. The predicted molar refractivity (Wildman–Crippen MR) is 97.4 cm³/mol. The van der Waals surface area contributed by atoms with Gasteiger partial charge in [-0.2, -0.15) is 0 Å². The number of hydrogen-bond acceptors (Lipinski definition) is 1. The van der Waals surface area contributed by atoms with Gasteiger partial charge in [-0.1, -0.05) is 74.4 Å². The fraction of sp³-hybridized carbons (Fsp3) is 0.650. The number of rotatable bonds is 2. The first-order valence-corrected chi connectivity index (χ1v) is 8.29. The van der Waals surface area contributed by atoms with Gasteiger partial charge in [-0.25, -0.2) is 4.79 Å². The third-order valence-electron chi connectivity index (χ3n) is 4.15. The minimum absolute atomic E-state index is 0.0449. The Labute approximate surface area is 141 Å². The summed E-state index contributed by atoms with van der Waals surface area (Å²) >= 11 is 0. The van der Waals surface area contributed by atoms with Crippen LogP contribution in [0.25, 0.3) is 0 Å². The summed E-state index contributed by atoms with van der Waals surface area (Å²) in [6.07, 6.45) is -0.982. The maximum Gasteiger partial charge on any atom is 0.404 e. The number of carbonyl (C=O) groups is 1. The Morgan fingerprint density at radius 1 is 0.870 bits per heavy atom. The normalized spacial score (nSPS) is 13.1. The lowest BCUT2D eigenvalue weighted by Gasteiger charge is -2.33. The Bertz CT molecular complexity index is 546. The standard InChI is InChI=1S/C20H33NO2/c1-18(2,3)13-10-15(19(4,5)6)14(12-21-17(22)23)16(11-13)20(7,8)9/h10-11,21H,12H2,1-9H3,(H,22,23). The molecule has 0 aliphatic carbocycles. The number of nitrogens with one attached hydrogen (secondary N) is 1. The molecule has 0 saturated carbocycles. The topological polar surface area (TPSA) is 49.3 Å². The summed E-state index contributed by atoms with van der Waals surface area (Å²) in [7, 11) is 0. The lowest BCUT2D eigenvalue weighted by molar-refractivity contribution is 0.193. The summed E-state index contributed by atoms with van der Waals surface area (Å²) in [5, 5.41) is 11.6. The lowest BCUT2D eigenvalue weighted by Crippen LogP contribution is -2.29. The van der Waals surface area contributed by atoms with Crippen molar-refractivity contribution in [3.8, 4) is 0 Å². The van der Waals surface area contributed by atoms with E-state index in [1.807, 2.05) is 0 Å². The number of amides is 1. The van der Waals surface area contributed by atoms with Crippen LogP contribution in [-0.2, 0) is 22.8 Å². The van der Waals surface area contributed by atoms with E-state index in [4.69, 9.17) is 5.11 Å². The Balaban J connectivity index is 3.71. The molecule has 1 aromatic carbocycles. The number of hydrogen-bond donors (Lipinski definition) is 2. The maximum atomic E-state index is 11.0. The van der Waals surface area contributed by atoms with Crippen molar-refractivity contribution < 1.29 is 9.90 Å². The zero-order valence-corrected chi connectivity index (χ0v) is 16.2. The molecule has 0 atom stereocenters. The second-order valence-electron chi connectivity index (χ2n) is 9.46. The van der Waals surface area contributed by atoms with Crippen LogP contribution in [0.5, 0.6) is 0 Å². The Morgan fingerprint density at radius 2 is 1.26 bits per heavy atom. The molecule has 0 aromatic heterocycles. The number of benzene rings is 1. The fourth-order valence-electron chi connectivity index (χ4n) is 2.80. The first kappa shape index (κ1) is 19.5. The molecule has 0 unspecified atom stereocenters. The number of carboxylic acid groups (broad SMARTS) is 1. The molecule has 0 fully saturated rings. The van der Waals surface area contributed by atoms with Gasteiger partial charge in [0.15, 0.2) is 0 Å². The van der Waals surface area contributed by atoms with Crippen LogP contribution in [0.15, 0.2) is 12.1 Å². The summed E-state index contributed by atoms with van der Waals surface area (Å²) in [5.74, 6) is 0. The van der Waals surface area contributed by atoms with Crippen molar-refractivity contribution in [2.24, 2.45) is 0 Å². The van der Waals surface area contributed by atoms with Gasteiger partial charge in [-0.3, -0.25) is 0 Å². The van der Waals surface area contributed by atoms with E-state index < -0.39 is 6.09 Å². The van der Waals surface area contributed by atoms with Gasteiger partial charge in [-0.15, -0.1) is 0 Å². The molecule has 0 bridgehead atoms. The molecule has 0 heterocycles. The Kier molecular flexibility index (Phi) is 5.25. The van der Waals surface area contributed by atoms with Crippen LogP contribution >= 0.6 is 0 Å². The third-order valence-corrected chi connectivity index (χ3v) is 4.15. The van der Waals surface area contributed by atoms with Crippen LogP contribution in [0.2, 0.25) is 0 Å². The molecule has 1 amide bonds. The molecule has 1 aromatic rings. The molecule has 1 rings (SSSR count). The summed E-state index contributed by atoms with van der Waals surface area (Å²) in [6.45, 7) is 20.1. The molecule has 3 heteroatoms. The third kappa shape index (κ3) is 4.98. The fourth-order valence-corrected chi connectivity index (χ4v) is 2.80.